The van der Waals surface area contributed by atoms with Crippen molar-refractivity contribution in [3.05, 3.63) is 59.0 Å². The van der Waals surface area contributed by atoms with Crippen LogP contribution in [-0.2, 0) is 6.42 Å². The molecule has 7 heteroatoms. The number of benzene rings is 1. The lowest BCUT2D eigenvalue weighted by molar-refractivity contribution is 0.194. The maximum Gasteiger partial charge on any atom is 0.194 e. The number of nitrogens with one attached hydrogen (secondary N) is 1. The fourth-order valence-corrected chi connectivity index (χ4v) is 3.60. The van der Waals surface area contributed by atoms with Gasteiger partial charge in [0.25, 0.3) is 0 Å². The summed E-state index contributed by atoms with van der Waals surface area (Å²) in [7, 11) is 0. The van der Waals surface area contributed by atoms with Gasteiger partial charge in [0.2, 0.25) is 0 Å². The summed E-state index contributed by atoms with van der Waals surface area (Å²) in [6, 6.07) is 10.5. The molecule has 1 aromatic heterocycles. The molecule has 1 N–H and O–H groups in total. The largest absolute Gasteiger partial charge is 0.361 e. The molecule has 0 aliphatic carbocycles. The van der Waals surface area contributed by atoms with E-state index in [4.69, 9.17) is 9.52 Å². The molecule has 1 saturated heterocycles. The first-order valence-corrected chi connectivity index (χ1v) is 10.6. The molecule has 6 nitrogen and oxygen atoms in total. The van der Waals surface area contributed by atoms with E-state index in [1.807, 2.05) is 13.8 Å². The Kier molecular flexibility index (Phi) is 10.4. The Hall–Kier alpha value is -1.87. The van der Waals surface area contributed by atoms with Gasteiger partial charge < -0.3 is 14.7 Å². The molecule has 30 heavy (non-hydrogen) atoms. The van der Waals surface area contributed by atoms with Crippen molar-refractivity contribution in [1.29, 1.82) is 0 Å². The molecular formula is C23H34IN5O. The van der Waals surface area contributed by atoms with Crippen LogP contribution in [0, 0.1) is 13.8 Å². The van der Waals surface area contributed by atoms with Crippen molar-refractivity contribution in [2.75, 3.05) is 45.8 Å². The lowest BCUT2D eigenvalue weighted by Gasteiger charge is -2.36. The van der Waals surface area contributed by atoms with E-state index < -0.39 is 0 Å². The molecule has 3 rings (SSSR count). The van der Waals surface area contributed by atoms with Crippen LogP contribution in [0.3, 0.4) is 0 Å². The summed E-state index contributed by atoms with van der Waals surface area (Å²) in [5.74, 6) is 1.92. The second kappa shape index (κ2) is 12.7. The molecule has 1 fully saturated rings. The second-order valence-electron chi connectivity index (χ2n) is 7.39. The number of aliphatic imine (C=N–C) groups is 1. The highest BCUT2D eigenvalue weighted by Crippen LogP contribution is 2.13. The van der Waals surface area contributed by atoms with Gasteiger partial charge in [0, 0.05) is 51.4 Å². The number of aromatic nitrogens is 1. The predicted octanol–water partition coefficient (Wildman–Crippen LogP) is 3.75. The molecule has 2 heterocycles. The number of nitrogens with zero attached hydrogens (tertiary/aromatic N) is 4. The molecular weight excluding hydrogens is 489 g/mol. The first-order valence-electron chi connectivity index (χ1n) is 10.6. The van der Waals surface area contributed by atoms with Gasteiger partial charge in [0.15, 0.2) is 5.96 Å². The van der Waals surface area contributed by atoms with Crippen LogP contribution in [-0.4, -0.2) is 66.7 Å². The van der Waals surface area contributed by atoms with E-state index in [0.717, 1.165) is 69.6 Å². The van der Waals surface area contributed by atoms with E-state index in [2.05, 4.69) is 69.7 Å². The molecule has 164 valence electrons. The Morgan fingerprint density at radius 2 is 1.90 bits per heavy atom. The monoisotopic (exact) mass is 523 g/mol. The van der Waals surface area contributed by atoms with E-state index in [9.17, 15) is 0 Å². The predicted molar refractivity (Wildman–Crippen MR) is 135 cm³/mol. The van der Waals surface area contributed by atoms with Crippen LogP contribution in [0.5, 0.6) is 0 Å². The third kappa shape index (κ3) is 7.12. The smallest absolute Gasteiger partial charge is 0.194 e. The average Bonchev–Trinajstić information content (AvgIpc) is 3.06. The molecule has 0 saturated carbocycles. The summed E-state index contributed by atoms with van der Waals surface area (Å²) in [5.41, 5.74) is 3.41. The van der Waals surface area contributed by atoms with Crippen LogP contribution in [0.25, 0.3) is 6.08 Å². The van der Waals surface area contributed by atoms with Gasteiger partial charge in [-0.15, -0.1) is 24.0 Å². The van der Waals surface area contributed by atoms with Crippen molar-refractivity contribution in [3.63, 3.8) is 0 Å². The summed E-state index contributed by atoms with van der Waals surface area (Å²) in [6.07, 6.45) is 5.32. The second-order valence-corrected chi connectivity index (χ2v) is 7.39. The van der Waals surface area contributed by atoms with Gasteiger partial charge in [-0.25, -0.2) is 0 Å². The zero-order valence-corrected chi connectivity index (χ0v) is 20.6. The molecule has 2 aromatic rings. The van der Waals surface area contributed by atoms with Gasteiger partial charge >= 0.3 is 0 Å². The Bertz CT molecular complexity index is 791. The number of hydrogen-bond donors (Lipinski definition) is 1. The van der Waals surface area contributed by atoms with Gasteiger partial charge in [-0.3, -0.25) is 9.89 Å². The van der Waals surface area contributed by atoms with Crippen molar-refractivity contribution in [2.24, 2.45) is 4.99 Å². The number of hydrogen-bond acceptors (Lipinski definition) is 4. The minimum Gasteiger partial charge on any atom is -0.361 e. The van der Waals surface area contributed by atoms with Gasteiger partial charge in [-0.05, 0) is 32.8 Å². The van der Waals surface area contributed by atoms with Gasteiger partial charge in [-0.1, -0.05) is 47.6 Å². The number of halogens is 1. The van der Waals surface area contributed by atoms with Gasteiger partial charge in [0.1, 0.15) is 5.76 Å². The lowest BCUT2D eigenvalue weighted by Crippen LogP contribution is -2.52. The minimum atomic E-state index is 0. The molecule has 0 unspecified atom stereocenters. The highest BCUT2D eigenvalue weighted by molar-refractivity contribution is 14.0. The standard InChI is InChI=1S/C23H33N5O.HI/c1-4-24-23(25-13-12-22-19(2)26-29-20(22)3)28-17-15-27(16-18-28)14-8-11-21-9-6-5-7-10-21;/h5-11H,4,12-18H2,1-3H3,(H,24,25);1H/b11-8+;. The zero-order valence-electron chi connectivity index (χ0n) is 18.3. The summed E-state index contributed by atoms with van der Waals surface area (Å²) in [4.78, 5) is 9.71. The number of aryl methyl sites for hydroxylation is 2. The molecule has 1 aromatic carbocycles. The highest BCUT2D eigenvalue weighted by atomic mass is 127. The van der Waals surface area contributed by atoms with Crippen molar-refractivity contribution < 1.29 is 4.52 Å². The molecule has 1 aliphatic heterocycles. The molecule has 0 amide bonds. The third-order valence-electron chi connectivity index (χ3n) is 5.28. The van der Waals surface area contributed by atoms with E-state index in [1.165, 1.54) is 11.1 Å². The summed E-state index contributed by atoms with van der Waals surface area (Å²) < 4.78 is 5.25. The SMILES string of the molecule is CCNC(=NCCc1c(C)noc1C)N1CCN(C/C=C/c2ccccc2)CC1.I. The lowest BCUT2D eigenvalue weighted by atomic mass is 10.1. The first-order chi connectivity index (χ1) is 14.2. The minimum absolute atomic E-state index is 0. The van der Waals surface area contributed by atoms with Crippen molar-refractivity contribution in [3.8, 4) is 0 Å². The molecule has 1 aliphatic rings. The summed E-state index contributed by atoms with van der Waals surface area (Å²) >= 11 is 0. The zero-order chi connectivity index (χ0) is 20.5. The van der Waals surface area contributed by atoms with Gasteiger partial charge in [0.05, 0.1) is 5.69 Å². The fourth-order valence-electron chi connectivity index (χ4n) is 3.60. The maximum atomic E-state index is 5.25. The maximum absolute atomic E-state index is 5.25. The Morgan fingerprint density at radius 1 is 1.17 bits per heavy atom. The third-order valence-corrected chi connectivity index (χ3v) is 5.28. The topological polar surface area (TPSA) is 56.9 Å². The normalized spacial score (nSPS) is 15.4. The highest BCUT2D eigenvalue weighted by Gasteiger charge is 2.18. The number of rotatable bonds is 7. The van der Waals surface area contributed by atoms with Crippen molar-refractivity contribution >= 4 is 36.0 Å². The van der Waals surface area contributed by atoms with Crippen molar-refractivity contribution in [2.45, 2.75) is 27.2 Å². The quantitative estimate of drug-likeness (QED) is 0.341. The number of guanidine groups is 1. The molecule has 0 spiro atoms. The summed E-state index contributed by atoms with van der Waals surface area (Å²) in [5, 5.41) is 7.48. The molecule has 0 bridgehead atoms. The van der Waals surface area contributed by atoms with Gasteiger partial charge in [-0.2, -0.15) is 0 Å². The Morgan fingerprint density at radius 3 is 2.53 bits per heavy atom. The van der Waals surface area contributed by atoms with Crippen LogP contribution in [0.4, 0.5) is 0 Å². The number of piperazine rings is 1. The Balaban J connectivity index is 0.00000320. The van der Waals surface area contributed by atoms with Crippen LogP contribution >= 0.6 is 24.0 Å². The average molecular weight is 523 g/mol. The van der Waals surface area contributed by atoms with Crippen LogP contribution in [0.2, 0.25) is 0 Å². The summed E-state index contributed by atoms with van der Waals surface area (Å²) in [6.45, 7) is 12.8. The fraction of sp³-hybridized carbons (Fsp3) is 0.478. The van der Waals surface area contributed by atoms with Crippen LogP contribution in [0.1, 0.15) is 29.5 Å². The Labute approximate surface area is 197 Å². The van der Waals surface area contributed by atoms with E-state index >= 15 is 0 Å². The van der Waals surface area contributed by atoms with E-state index in [1.54, 1.807) is 0 Å². The van der Waals surface area contributed by atoms with Crippen LogP contribution in [0.15, 0.2) is 45.9 Å². The first kappa shape index (κ1) is 24.4. The van der Waals surface area contributed by atoms with E-state index in [-0.39, 0.29) is 24.0 Å². The van der Waals surface area contributed by atoms with E-state index in [0.29, 0.717) is 0 Å². The molecule has 0 radical (unpaired) electrons. The van der Waals surface area contributed by atoms with Crippen molar-refractivity contribution in [1.82, 2.24) is 20.3 Å². The molecule has 0 atom stereocenters. The van der Waals surface area contributed by atoms with Crippen LogP contribution < -0.4 is 5.32 Å².